The number of hydroxylamine groups is 1. The Morgan fingerprint density at radius 2 is 1.85 bits per heavy atom. The van der Waals surface area contributed by atoms with Gasteiger partial charge in [-0.3, -0.25) is 29.5 Å². The van der Waals surface area contributed by atoms with Crippen LogP contribution in [0.2, 0.25) is 5.02 Å². The van der Waals surface area contributed by atoms with Gasteiger partial charge in [-0.05, 0) is 78.6 Å². The van der Waals surface area contributed by atoms with Crippen LogP contribution in [0.1, 0.15) is 88.7 Å². The van der Waals surface area contributed by atoms with Gasteiger partial charge in [0.15, 0.2) is 6.10 Å². The molecule has 3 aromatic rings. The maximum absolute atomic E-state index is 15.0. The summed E-state index contributed by atoms with van der Waals surface area (Å²) in [5.74, 6) is -1.32. The number of fused-ring (bicyclic) bond motifs is 1. The molecule has 4 aliphatic rings. The van der Waals surface area contributed by atoms with Crippen molar-refractivity contribution in [2.75, 3.05) is 6.54 Å². The third-order valence-corrected chi connectivity index (χ3v) is 12.4. The van der Waals surface area contributed by atoms with Crippen LogP contribution < -0.4 is 21.4 Å². The van der Waals surface area contributed by atoms with E-state index < -0.39 is 47.6 Å². The Morgan fingerprint density at radius 3 is 2.61 bits per heavy atom. The summed E-state index contributed by atoms with van der Waals surface area (Å²) in [6, 6.07) is 12.5. The van der Waals surface area contributed by atoms with E-state index in [4.69, 9.17) is 16.4 Å². The van der Waals surface area contributed by atoms with Crippen molar-refractivity contribution in [3.05, 3.63) is 76.1 Å². The molecule has 5 N–H and O–H groups in total. The zero-order chi connectivity index (χ0) is 37.8. The zero-order valence-electron chi connectivity index (χ0n) is 30.7. The van der Waals surface area contributed by atoms with Gasteiger partial charge in [0.25, 0.3) is 5.91 Å². The second-order valence-corrected chi connectivity index (χ2v) is 16.8. The van der Waals surface area contributed by atoms with E-state index in [0.717, 1.165) is 59.7 Å². The molecule has 1 saturated heterocycles. The fourth-order valence-corrected chi connectivity index (χ4v) is 9.30. The number of likely N-dealkylation sites (tertiary alicyclic amines) is 1. The smallest absolute Gasteiger partial charge is 0.251 e. The summed E-state index contributed by atoms with van der Waals surface area (Å²) in [5, 5.41) is 23.6. The average Bonchev–Trinajstić information content (AvgIpc) is 3.56. The molecule has 13 heteroatoms. The van der Waals surface area contributed by atoms with E-state index in [0.29, 0.717) is 30.0 Å². The Balaban J connectivity index is 1.19. The van der Waals surface area contributed by atoms with Crippen LogP contribution in [0.3, 0.4) is 0 Å². The number of nitrogens with zero attached hydrogens (tertiary/aromatic N) is 1. The van der Waals surface area contributed by atoms with Crippen LogP contribution in [0.15, 0.2) is 60.0 Å². The predicted molar refractivity (Wildman–Crippen MR) is 209 cm³/mol. The fourth-order valence-electron chi connectivity index (χ4n) is 8.14. The minimum atomic E-state index is -1.45. The van der Waals surface area contributed by atoms with Crippen LogP contribution in [0.5, 0.6) is 0 Å². The molecule has 3 heterocycles. The number of carbonyl (C=O) groups excluding carboxylic acids is 4. The second kappa shape index (κ2) is 16.8. The number of benzene rings is 2. The van der Waals surface area contributed by atoms with Crippen molar-refractivity contribution in [3.63, 3.8) is 0 Å². The lowest BCUT2D eigenvalue weighted by atomic mass is 9.86. The van der Waals surface area contributed by atoms with Gasteiger partial charge in [0.2, 0.25) is 17.7 Å². The number of hydrogen-bond donors (Lipinski definition) is 5. The van der Waals surface area contributed by atoms with Gasteiger partial charge in [-0.25, -0.2) is 0 Å². The van der Waals surface area contributed by atoms with Crippen molar-refractivity contribution in [3.8, 4) is 0 Å². The van der Waals surface area contributed by atoms with Gasteiger partial charge in [-0.15, -0.1) is 11.3 Å². The maximum atomic E-state index is 15.0. The van der Waals surface area contributed by atoms with Gasteiger partial charge in [-0.2, -0.15) is 0 Å². The molecule has 288 valence electrons. The van der Waals surface area contributed by atoms with Crippen molar-refractivity contribution in [2.45, 2.75) is 120 Å². The van der Waals surface area contributed by atoms with Crippen LogP contribution in [0.25, 0.3) is 15.8 Å². The third kappa shape index (κ3) is 8.94. The number of halogens is 1. The maximum Gasteiger partial charge on any atom is 0.251 e. The molecule has 0 radical (unpaired) electrons. The summed E-state index contributed by atoms with van der Waals surface area (Å²) >= 11 is 7.89. The van der Waals surface area contributed by atoms with Gasteiger partial charge in [-0.1, -0.05) is 74.5 Å². The topological polar surface area (TPSA) is 149 Å². The van der Waals surface area contributed by atoms with Gasteiger partial charge in [0.05, 0.1) is 18.3 Å². The molecule has 1 spiro atoms. The number of carbonyl (C=O) groups is 4. The molecule has 2 aliphatic heterocycles. The lowest BCUT2D eigenvalue weighted by Gasteiger charge is -2.31. The Kier molecular flexibility index (Phi) is 11.9. The lowest BCUT2D eigenvalue weighted by molar-refractivity contribution is -0.142. The number of aliphatic hydroxyl groups excluding tert-OH is 1. The van der Waals surface area contributed by atoms with E-state index >= 15 is 0 Å². The first-order valence-electron chi connectivity index (χ1n) is 19.4. The molecule has 4 amide bonds. The van der Waals surface area contributed by atoms with Crippen molar-refractivity contribution < 1.29 is 29.1 Å². The summed E-state index contributed by atoms with van der Waals surface area (Å²) < 4.78 is 1.08. The van der Waals surface area contributed by atoms with E-state index in [1.165, 1.54) is 11.3 Å². The Hall–Kier alpha value is -3.97. The number of thiophene rings is 1. The van der Waals surface area contributed by atoms with Gasteiger partial charge in [0, 0.05) is 40.6 Å². The van der Waals surface area contributed by atoms with Crippen LogP contribution in [0, 0.1) is 5.92 Å². The summed E-state index contributed by atoms with van der Waals surface area (Å²) in [6.45, 7) is 1.95. The Labute approximate surface area is 325 Å². The molecule has 1 unspecified atom stereocenters. The van der Waals surface area contributed by atoms with E-state index in [2.05, 4.69) is 21.4 Å². The van der Waals surface area contributed by atoms with Crippen molar-refractivity contribution >= 4 is 62.3 Å². The quantitative estimate of drug-likeness (QED) is 0.148. The highest BCUT2D eigenvalue weighted by atomic mass is 35.5. The zero-order valence-corrected chi connectivity index (χ0v) is 32.2. The molecule has 0 bridgehead atoms. The summed E-state index contributed by atoms with van der Waals surface area (Å²) in [6.07, 6.45) is 9.20. The van der Waals surface area contributed by atoms with Crippen LogP contribution in [0.4, 0.5) is 0 Å². The van der Waals surface area contributed by atoms with Crippen molar-refractivity contribution in [1.29, 1.82) is 0 Å². The molecule has 3 fully saturated rings. The number of hydrogen-bond acceptors (Lipinski definition) is 8. The van der Waals surface area contributed by atoms with E-state index in [9.17, 15) is 24.3 Å². The van der Waals surface area contributed by atoms with E-state index in [1.54, 1.807) is 23.5 Å². The van der Waals surface area contributed by atoms with Crippen LogP contribution >= 0.6 is 22.9 Å². The highest BCUT2D eigenvalue weighted by Gasteiger charge is 2.53. The van der Waals surface area contributed by atoms with Crippen LogP contribution in [-0.4, -0.2) is 76.1 Å². The standard InChI is InChI=1S/C41H50ClN5O6S/c1-2-9-31(37(49)39(51)43-29-16-17-29)45-38(50)34-22-41(21-33(46-53-41)26-12-8-13-28(42)19-26)24-47(34)40(52)32(44-36(48)18-25-10-4-3-5-11-25)20-27-23-54-35-15-7-6-14-30(27)35/h6-8,12-15,19,21,23,25,29,31-32,34,37,46,49H,2-5,9-11,16-18,20,22,24H2,1H3,(H,43,51)(H,44,48)(H,45,50)/t31-,32+,34+,37?,41-/m1/s1. The molecule has 2 aromatic carbocycles. The first-order chi connectivity index (χ1) is 26.1. The largest absolute Gasteiger partial charge is 0.381 e. The minimum absolute atomic E-state index is 0.0313. The lowest BCUT2D eigenvalue weighted by Crippen LogP contribution is -2.57. The first kappa shape index (κ1) is 38.3. The highest BCUT2D eigenvalue weighted by Crippen LogP contribution is 2.39. The monoisotopic (exact) mass is 775 g/mol. The molecule has 1 aromatic heterocycles. The van der Waals surface area contributed by atoms with Gasteiger partial charge in [0.1, 0.15) is 17.7 Å². The van der Waals surface area contributed by atoms with Crippen molar-refractivity contribution in [1.82, 2.24) is 26.3 Å². The summed E-state index contributed by atoms with van der Waals surface area (Å²) in [4.78, 5) is 63.7. The van der Waals surface area contributed by atoms with Gasteiger partial charge >= 0.3 is 0 Å². The highest BCUT2D eigenvalue weighted by molar-refractivity contribution is 7.17. The van der Waals surface area contributed by atoms with Crippen molar-refractivity contribution in [2.24, 2.45) is 5.92 Å². The second-order valence-electron chi connectivity index (χ2n) is 15.4. The fraction of sp³-hybridized carbons (Fsp3) is 0.512. The molecule has 11 nitrogen and oxygen atoms in total. The normalized spacial score (nSPS) is 23.1. The molecule has 54 heavy (non-hydrogen) atoms. The third-order valence-electron chi connectivity index (χ3n) is 11.2. The van der Waals surface area contributed by atoms with E-state index in [-0.39, 0.29) is 37.3 Å². The number of rotatable bonds is 14. The number of aliphatic hydroxyl groups is 1. The predicted octanol–water partition coefficient (Wildman–Crippen LogP) is 5.39. The molecule has 2 aliphatic carbocycles. The molecular formula is C41H50ClN5O6S. The number of nitrogens with one attached hydrogen (secondary N) is 4. The first-order valence-corrected chi connectivity index (χ1v) is 20.6. The molecular weight excluding hydrogens is 726 g/mol. The molecule has 5 atom stereocenters. The molecule has 2 saturated carbocycles. The van der Waals surface area contributed by atoms with E-state index in [1.807, 2.05) is 54.8 Å². The SMILES string of the molecule is CCC[C@@H](NC(=O)[C@@H]1C[C@]2(C=C(c3cccc(Cl)c3)NO2)CN1C(=O)[C@H](Cc1csc2ccccc12)NC(=O)CC1CCCCC1)C(O)C(=O)NC1CC1. The number of amides is 4. The summed E-state index contributed by atoms with van der Waals surface area (Å²) in [5.41, 5.74) is 4.31. The minimum Gasteiger partial charge on any atom is -0.381 e. The average molecular weight is 776 g/mol. The van der Waals surface area contributed by atoms with Crippen LogP contribution in [-0.2, 0) is 30.4 Å². The molecule has 7 rings (SSSR count). The summed E-state index contributed by atoms with van der Waals surface area (Å²) in [7, 11) is 0. The van der Waals surface area contributed by atoms with Gasteiger partial charge < -0.3 is 26.0 Å². The Bertz CT molecular complexity index is 1890. The Morgan fingerprint density at radius 1 is 1.06 bits per heavy atom.